The van der Waals surface area contributed by atoms with Crippen molar-refractivity contribution in [2.45, 2.75) is 43.9 Å². The molecule has 2 saturated heterocycles. The van der Waals surface area contributed by atoms with Crippen LogP contribution in [0.5, 0.6) is 5.75 Å². The van der Waals surface area contributed by atoms with Gasteiger partial charge in [0, 0.05) is 43.4 Å². The summed E-state index contributed by atoms with van der Waals surface area (Å²) >= 11 is 1.57. The summed E-state index contributed by atoms with van der Waals surface area (Å²) < 4.78 is 11.5. The molecule has 2 aliphatic heterocycles. The van der Waals surface area contributed by atoms with Crippen LogP contribution >= 0.6 is 11.3 Å². The number of carbonyl (C=O) groups is 1. The highest BCUT2D eigenvalue weighted by Crippen LogP contribution is 2.38. The zero-order valence-corrected chi connectivity index (χ0v) is 15.5. The molecule has 3 aromatic heterocycles. The van der Waals surface area contributed by atoms with Gasteiger partial charge in [-0.25, -0.2) is 0 Å². The van der Waals surface area contributed by atoms with Crippen molar-refractivity contribution in [1.82, 2.24) is 15.0 Å². The Labute approximate surface area is 160 Å². The molecule has 2 atom stereocenters. The van der Waals surface area contributed by atoms with E-state index in [0.29, 0.717) is 11.5 Å². The zero-order valence-electron chi connectivity index (χ0n) is 14.7. The minimum absolute atomic E-state index is 0.0311. The lowest BCUT2D eigenvalue weighted by atomic mass is 9.99. The first-order chi connectivity index (χ1) is 13.3. The second kappa shape index (κ2) is 6.81. The molecule has 6 nitrogen and oxygen atoms in total. The highest BCUT2D eigenvalue weighted by molar-refractivity contribution is 7.13. The summed E-state index contributed by atoms with van der Waals surface area (Å²) in [5.41, 5.74) is 0.392. The van der Waals surface area contributed by atoms with Crippen LogP contribution in [0.25, 0.3) is 10.6 Å². The van der Waals surface area contributed by atoms with Crippen molar-refractivity contribution in [3.05, 3.63) is 53.8 Å². The molecule has 2 bridgehead atoms. The number of carbonyl (C=O) groups excluding carboxylic acids is 1. The van der Waals surface area contributed by atoms with E-state index < -0.39 is 0 Å². The van der Waals surface area contributed by atoms with Crippen LogP contribution in [0.2, 0.25) is 0 Å². The molecule has 0 saturated carbocycles. The average molecular weight is 381 g/mol. The summed E-state index contributed by atoms with van der Waals surface area (Å²) in [6.45, 7) is 0. The Morgan fingerprint density at radius 1 is 1.19 bits per heavy atom. The molecule has 0 radical (unpaired) electrons. The van der Waals surface area contributed by atoms with Crippen LogP contribution < -0.4 is 4.74 Å². The SMILES string of the molecule is O=C(c1cc(-c2cccs2)on1)N1C2CCC1CC(Oc1ccncc1)C2. The van der Waals surface area contributed by atoms with Gasteiger partial charge in [0.1, 0.15) is 11.9 Å². The second-order valence-corrected chi connectivity index (χ2v) is 7.99. The maximum atomic E-state index is 13.1. The van der Waals surface area contributed by atoms with Gasteiger partial charge >= 0.3 is 0 Å². The Balaban J connectivity index is 1.30. The van der Waals surface area contributed by atoms with Crippen molar-refractivity contribution >= 4 is 17.2 Å². The lowest BCUT2D eigenvalue weighted by Gasteiger charge is -2.38. The molecule has 5 rings (SSSR count). The van der Waals surface area contributed by atoms with Crippen LogP contribution in [0.3, 0.4) is 0 Å². The highest BCUT2D eigenvalue weighted by Gasteiger charge is 2.45. The number of hydrogen-bond donors (Lipinski definition) is 0. The van der Waals surface area contributed by atoms with Crippen molar-refractivity contribution in [2.24, 2.45) is 0 Å². The molecular formula is C20H19N3O3S. The van der Waals surface area contributed by atoms with Crippen LogP contribution in [0.15, 0.2) is 52.6 Å². The summed E-state index contributed by atoms with van der Waals surface area (Å²) in [5, 5.41) is 6.01. The molecule has 3 aromatic rings. The van der Waals surface area contributed by atoms with E-state index in [0.717, 1.165) is 36.3 Å². The van der Waals surface area contributed by atoms with Gasteiger partial charge in [0.05, 0.1) is 4.88 Å². The summed E-state index contributed by atoms with van der Waals surface area (Å²) in [7, 11) is 0. The van der Waals surface area contributed by atoms with E-state index in [1.165, 1.54) is 0 Å². The monoisotopic (exact) mass is 381 g/mol. The van der Waals surface area contributed by atoms with E-state index >= 15 is 0 Å². The first-order valence-electron chi connectivity index (χ1n) is 9.18. The van der Waals surface area contributed by atoms with Crippen molar-refractivity contribution in [3.8, 4) is 16.4 Å². The molecule has 0 aromatic carbocycles. The number of ether oxygens (including phenoxy) is 1. The third-order valence-corrected chi connectivity index (χ3v) is 6.25. The van der Waals surface area contributed by atoms with Gasteiger partial charge in [-0.05, 0) is 36.4 Å². The van der Waals surface area contributed by atoms with Crippen LogP contribution in [0, 0.1) is 0 Å². The summed E-state index contributed by atoms with van der Waals surface area (Å²) in [6, 6.07) is 9.83. The van der Waals surface area contributed by atoms with E-state index in [1.807, 2.05) is 34.5 Å². The maximum Gasteiger partial charge on any atom is 0.276 e. The predicted octanol–water partition coefficient (Wildman–Crippen LogP) is 4.01. The van der Waals surface area contributed by atoms with Crippen LogP contribution in [0.1, 0.15) is 36.2 Å². The van der Waals surface area contributed by atoms with Gasteiger partial charge in [0.2, 0.25) is 0 Å². The van der Waals surface area contributed by atoms with Gasteiger partial charge in [-0.3, -0.25) is 9.78 Å². The molecule has 27 heavy (non-hydrogen) atoms. The smallest absolute Gasteiger partial charge is 0.276 e. The number of hydrogen-bond acceptors (Lipinski definition) is 6. The van der Waals surface area contributed by atoms with Crippen LogP contribution in [0.4, 0.5) is 0 Å². The first-order valence-corrected chi connectivity index (χ1v) is 10.1. The minimum atomic E-state index is -0.0311. The summed E-state index contributed by atoms with van der Waals surface area (Å²) in [5.74, 6) is 1.46. The van der Waals surface area contributed by atoms with E-state index in [1.54, 1.807) is 29.8 Å². The predicted molar refractivity (Wildman–Crippen MR) is 101 cm³/mol. The van der Waals surface area contributed by atoms with Gasteiger partial charge in [-0.15, -0.1) is 11.3 Å². The lowest BCUT2D eigenvalue weighted by Crippen LogP contribution is -2.49. The highest BCUT2D eigenvalue weighted by atomic mass is 32.1. The molecule has 5 heterocycles. The van der Waals surface area contributed by atoms with Crippen LogP contribution in [-0.4, -0.2) is 39.1 Å². The number of piperidine rings is 1. The maximum absolute atomic E-state index is 13.1. The van der Waals surface area contributed by atoms with Crippen molar-refractivity contribution in [2.75, 3.05) is 0 Å². The number of aromatic nitrogens is 2. The molecule has 138 valence electrons. The topological polar surface area (TPSA) is 68.5 Å². The number of rotatable bonds is 4. The third kappa shape index (κ3) is 3.12. The van der Waals surface area contributed by atoms with Gasteiger partial charge in [0.25, 0.3) is 5.91 Å². The van der Waals surface area contributed by atoms with Gasteiger partial charge < -0.3 is 14.2 Å². The molecule has 0 spiro atoms. The largest absolute Gasteiger partial charge is 0.490 e. The Morgan fingerprint density at radius 2 is 1.96 bits per heavy atom. The van der Waals surface area contributed by atoms with E-state index in [2.05, 4.69) is 10.1 Å². The van der Waals surface area contributed by atoms with E-state index in [-0.39, 0.29) is 24.1 Å². The van der Waals surface area contributed by atoms with Gasteiger partial charge in [-0.1, -0.05) is 11.2 Å². The fourth-order valence-corrected chi connectivity index (χ4v) is 4.88. The van der Waals surface area contributed by atoms with Crippen molar-refractivity contribution in [1.29, 1.82) is 0 Å². The molecule has 0 N–H and O–H groups in total. The molecule has 0 aliphatic carbocycles. The van der Waals surface area contributed by atoms with Crippen molar-refractivity contribution < 1.29 is 14.1 Å². The normalized spacial score (nSPS) is 24.1. The Bertz CT molecular complexity index is 911. The number of thiophene rings is 1. The molecule has 2 fully saturated rings. The standard InChI is InChI=1S/C20H19N3O3S/c24-20(17-12-18(26-22-17)19-2-1-9-27-19)23-13-3-4-14(23)11-16(10-13)25-15-5-7-21-8-6-15/h1-2,5-9,12-14,16H,3-4,10-11H2. The second-order valence-electron chi connectivity index (χ2n) is 7.05. The number of pyridine rings is 1. The lowest BCUT2D eigenvalue weighted by molar-refractivity contribution is 0.0351. The fraction of sp³-hybridized carbons (Fsp3) is 0.350. The van der Waals surface area contributed by atoms with E-state index in [4.69, 9.17) is 9.26 Å². The van der Waals surface area contributed by atoms with Crippen LogP contribution in [-0.2, 0) is 0 Å². The molecule has 1 amide bonds. The van der Waals surface area contributed by atoms with Gasteiger partial charge in [0.15, 0.2) is 11.5 Å². The van der Waals surface area contributed by atoms with Gasteiger partial charge in [-0.2, -0.15) is 0 Å². The molecule has 2 unspecified atom stereocenters. The number of nitrogens with zero attached hydrogens (tertiary/aromatic N) is 3. The number of fused-ring (bicyclic) bond motifs is 2. The summed E-state index contributed by atoms with van der Waals surface area (Å²) in [6.07, 6.45) is 7.33. The zero-order chi connectivity index (χ0) is 18.2. The quantitative estimate of drug-likeness (QED) is 0.683. The summed E-state index contributed by atoms with van der Waals surface area (Å²) in [4.78, 5) is 20.1. The Kier molecular flexibility index (Phi) is 4.16. The number of amides is 1. The first kappa shape index (κ1) is 16.5. The Morgan fingerprint density at radius 3 is 2.67 bits per heavy atom. The average Bonchev–Trinajstić information content (AvgIpc) is 3.42. The van der Waals surface area contributed by atoms with Crippen molar-refractivity contribution in [3.63, 3.8) is 0 Å². The van der Waals surface area contributed by atoms with E-state index in [9.17, 15) is 4.79 Å². The molecular weight excluding hydrogens is 362 g/mol. The fourth-order valence-electron chi connectivity index (χ4n) is 4.21. The molecule has 7 heteroatoms. The Hall–Kier alpha value is -2.67. The molecule has 2 aliphatic rings. The minimum Gasteiger partial charge on any atom is -0.490 e. The third-order valence-electron chi connectivity index (χ3n) is 5.37.